The van der Waals surface area contributed by atoms with Gasteiger partial charge in [-0.25, -0.2) is 0 Å². The molecule has 0 saturated heterocycles. The molecule has 0 fully saturated rings. The molecule has 0 bridgehead atoms. The van der Waals surface area contributed by atoms with Crippen LogP contribution in [0.4, 0.5) is 0 Å². The lowest BCUT2D eigenvalue weighted by Gasteiger charge is -2.19. The van der Waals surface area contributed by atoms with E-state index in [2.05, 4.69) is 26.1 Å². The molecule has 0 spiro atoms. The monoisotopic (exact) mass is 355 g/mol. The molecule has 0 aliphatic rings. The number of benzene rings is 1. The van der Waals surface area contributed by atoms with Crippen molar-refractivity contribution in [2.75, 3.05) is 20.3 Å². The molecular formula is C14H18BrN3O3. The summed E-state index contributed by atoms with van der Waals surface area (Å²) in [6.07, 6.45) is 0. The van der Waals surface area contributed by atoms with Gasteiger partial charge in [-0.05, 0) is 48.0 Å². The van der Waals surface area contributed by atoms with Crippen LogP contribution < -0.4 is 10.5 Å². The van der Waals surface area contributed by atoms with E-state index in [1.165, 1.54) is 0 Å². The Morgan fingerprint density at radius 1 is 1.43 bits per heavy atom. The number of rotatable bonds is 6. The number of aromatic nitrogens is 2. The lowest BCUT2D eigenvalue weighted by atomic mass is 10.1. The summed E-state index contributed by atoms with van der Waals surface area (Å²) in [6.45, 7) is 4.61. The Morgan fingerprint density at radius 2 is 2.19 bits per heavy atom. The van der Waals surface area contributed by atoms with Crippen molar-refractivity contribution in [3.8, 4) is 17.2 Å². The zero-order valence-corrected chi connectivity index (χ0v) is 13.8. The smallest absolute Gasteiger partial charge is 0.259 e. The molecule has 1 aromatic carbocycles. The van der Waals surface area contributed by atoms with Gasteiger partial charge in [-0.15, -0.1) is 0 Å². The van der Waals surface area contributed by atoms with E-state index in [0.29, 0.717) is 30.7 Å². The van der Waals surface area contributed by atoms with Crippen LogP contribution in [0.3, 0.4) is 0 Å². The van der Waals surface area contributed by atoms with Gasteiger partial charge in [0.2, 0.25) is 0 Å². The highest BCUT2D eigenvalue weighted by atomic mass is 79.9. The van der Waals surface area contributed by atoms with Crippen LogP contribution in [0.2, 0.25) is 0 Å². The maximum Gasteiger partial charge on any atom is 0.259 e. The van der Waals surface area contributed by atoms with Gasteiger partial charge in [0.1, 0.15) is 11.3 Å². The molecule has 114 valence electrons. The second kappa shape index (κ2) is 6.55. The fourth-order valence-electron chi connectivity index (χ4n) is 1.74. The first-order valence-electron chi connectivity index (χ1n) is 6.52. The predicted molar refractivity (Wildman–Crippen MR) is 82.0 cm³/mol. The van der Waals surface area contributed by atoms with E-state index in [0.717, 1.165) is 10.0 Å². The third kappa shape index (κ3) is 3.61. The quantitative estimate of drug-likeness (QED) is 0.857. The van der Waals surface area contributed by atoms with Gasteiger partial charge in [0.25, 0.3) is 5.89 Å². The van der Waals surface area contributed by atoms with E-state index >= 15 is 0 Å². The van der Waals surface area contributed by atoms with Gasteiger partial charge >= 0.3 is 0 Å². The summed E-state index contributed by atoms with van der Waals surface area (Å²) in [7, 11) is 1.60. The van der Waals surface area contributed by atoms with E-state index in [-0.39, 0.29) is 0 Å². The summed E-state index contributed by atoms with van der Waals surface area (Å²) in [4.78, 5) is 4.37. The molecule has 1 atom stereocenters. The number of hydrogen-bond donors (Lipinski definition) is 1. The number of hydrogen-bond acceptors (Lipinski definition) is 6. The highest BCUT2D eigenvalue weighted by Crippen LogP contribution is 2.31. The summed E-state index contributed by atoms with van der Waals surface area (Å²) in [5.74, 6) is 1.49. The molecule has 21 heavy (non-hydrogen) atoms. The molecule has 2 rings (SSSR count). The predicted octanol–water partition coefficient (Wildman–Crippen LogP) is 2.72. The third-order valence-electron chi connectivity index (χ3n) is 2.95. The lowest BCUT2D eigenvalue weighted by Crippen LogP contribution is -2.39. The number of ether oxygens (including phenoxy) is 2. The summed E-state index contributed by atoms with van der Waals surface area (Å²) in [5.41, 5.74) is 6.11. The van der Waals surface area contributed by atoms with E-state index in [1.807, 2.05) is 25.1 Å². The van der Waals surface area contributed by atoms with Crippen LogP contribution in [0.5, 0.6) is 5.75 Å². The molecule has 2 aromatic rings. The van der Waals surface area contributed by atoms with Crippen molar-refractivity contribution in [3.05, 3.63) is 28.5 Å². The van der Waals surface area contributed by atoms with Gasteiger partial charge < -0.3 is 19.7 Å². The van der Waals surface area contributed by atoms with E-state index < -0.39 is 5.54 Å². The van der Waals surface area contributed by atoms with Crippen molar-refractivity contribution in [2.45, 2.75) is 19.4 Å². The first-order valence-corrected chi connectivity index (χ1v) is 7.32. The normalized spacial score (nSPS) is 14.0. The Hall–Kier alpha value is -1.44. The van der Waals surface area contributed by atoms with Crippen LogP contribution in [0, 0.1) is 0 Å². The van der Waals surface area contributed by atoms with E-state index in [9.17, 15) is 0 Å². The Labute approximate surface area is 131 Å². The summed E-state index contributed by atoms with van der Waals surface area (Å²) >= 11 is 3.46. The molecule has 1 unspecified atom stereocenters. The second-order valence-corrected chi connectivity index (χ2v) is 5.68. The molecule has 6 nitrogen and oxygen atoms in total. The average molecular weight is 356 g/mol. The maximum atomic E-state index is 6.16. The van der Waals surface area contributed by atoms with Crippen LogP contribution >= 0.6 is 15.9 Å². The number of nitrogens with two attached hydrogens (primary N) is 1. The standard InChI is InChI=1S/C14H18BrN3O3/c1-4-20-8-14(2,16)13-17-12(21-18-13)10-7-9(19-3)5-6-11(10)15/h5-7H,4,8,16H2,1-3H3. The lowest BCUT2D eigenvalue weighted by molar-refractivity contribution is 0.0962. The van der Waals surface area contributed by atoms with Crippen molar-refractivity contribution < 1.29 is 14.0 Å². The third-order valence-corrected chi connectivity index (χ3v) is 3.64. The minimum atomic E-state index is -0.802. The summed E-state index contributed by atoms with van der Waals surface area (Å²) in [6, 6.07) is 5.52. The first kappa shape index (κ1) is 15.9. The number of nitrogens with zero attached hydrogens (tertiary/aromatic N) is 2. The van der Waals surface area contributed by atoms with Crippen molar-refractivity contribution in [1.29, 1.82) is 0 Å². The SMILES string of the molecule is CCOCC(C)(N)c1noc(-c2cc(OC)ccc2Br)n1. The molecular weight excluding hydrogens is 338 g/mol. The molecule has 1 aromatic heterocycles. The second-order valence-electron chi connectivity index (χ2n) is 4.82. The van der Waals surface area contributed by atoms with Crippen LogP contribution in [0.15, 0.2) is 27.2 Å². The average Bonchev–Trinajstić information content (AvgIpc) is 2.96. The number of halogens is 1. The van der Waals surface area contributed by atoms with Crippen LogP contribution in [0.25, 0.3) is 11.5 Å². The maximum absolute atomic E-state index is 6.16. The Kier molecular flexibility index (Phi) is 4.97. The molecule has 0 amide bonds. The summed E-state index contributed by atoms with van der Waals surface area (Å²) in [5, 5.41) is 3.96. The molecule has 1 heterocycles. The van der Waals surface area contributed by atoms with Crippen molar-refractivity contribution in [3.63, 3.8) is 0 Å². The van der Waals surface area contributed by atoms with Crippen molar-refractivity contribution in [2.24, 2.45) is 5.73 Å². The highest BCUT2D eigenvalue weighted by molar-refractivity contribution is 9.10. The van der Waals surface area contributed by atoms with Gasteiger partial charge in [0.15, 0.2) is 5.82 Å². The van der Waals surface area contributed by atoms with Crippen molar-refractivity contribution >= 4 is 15.9 Å². The zero-order valence-electron chi connectivity index (χ0n) is 12.2. The van der Waals surface area contributed by atoms with E-state index in [4.69, 9.17) is 19.7 Å². The molecule has 0 radical (unpaired) electrons. The van der Waals surface area contributed by atoms with E-state index in [1.54, 1.807) is 14.0 Å². The Bertz CT molecular complexity index is 613. The fraction of sp³-hybridized carbons (Fsp3) is 0.429. The van der Waals surface area contributed by atoms with Gasteiger partial charge in [0.05, 0.1) is 19.3 Å². The molecule has 0 aliphatic carbocycles. The van der Waals surface area contributed by atoms with Crippen LogP contribution in [-0.4, -0.2) is 30.5 Å². The molecule has 0 aliphatic heterocycles. The largest absolute Gasteiger partial charge is 0.497 e. The minimum Gasteiger partial charge on any atom is -0.497 e. The highest BCUT2D eigenvalue weighted by Gasteiger charge is 2.28. The summed E-state index contributed by atoms with van der Waals surface area (Å²) < 4.78 is 16.7. The molecule has 7 heteroatoms. The fourth-order valence-corrected chi connectivity index (χ4v) is 2.15. The van der Waals surface area contributed by atoms with Gasteiger partial charge in [-0.3, -0.25) is 0 Å². The Balaban J connectivity index is 2.31. The number of methoxy groups -OCH3 is 1. The van der Waals surface area contributed by atoms with Crippen molar-refractivity contribution in [1.82, 2.24) is 10.1 Å². The van der Waals surface area contributed by atoms with Gasteiger partial charge in [-0.1, -0.05) is 5.16 Å². The zero-order chi connectivity index (χ0) is 15.5. The van der Waals surface area contributed by atoms with Gasteiger partial charge in [0, 0.05) is 11.1 Å². The van der Waals surface area contributed by atoms with Gasteiger partial charge in [-0.2, -0.15) is 4.98 Å². The molecule has 2 N–H and O–H groups in total. The molecule has 0 saturated carbocycles. The van der Waals surface area contributed by atoms with Crippen LogP contribution in [-0.2, 0) is 10.3 Å². The van der Waals surface area contributed by atoms with Crippen LogP contribution in [0.1, 0.15) is 19.7 Å². The Morgan fingerprint density at radius 3 is 2.86 bits per heavy atom. The topological polar surface area (TPSA) is 83.4 Å². The first-order chi connectivity index (χ1) is 9.97. The minimum absolute atomic E-state index is 0.321.